The first-order chi connectivity index (χ1) is 31.7. The zero-order valence-electron chi connectivity index (χ0n) is 35.1. The Morgan fingerprint density at radius 1 is 0.484 bits per heavy atom. The van der Waals surface area contributed by atoms with E-state index in [-0.39, 0.29) is 0 Å². The molecule has 4 nitrogen and oxygen atoms in total. The van der Waals surface area contributed by atoms with Crippen LogP contribution >= 0.6 is 0 Å². The maximum Gasteiger partial charge on any atom is 0.159 e. The van der Waals surface area contributed by atoms with E-state index < -0.39 is 5.41 Å². The van der Waals surface area contributed by atoms with Gasteiger partial charge in [0.2, 0.25) is 0 Å². The molecular formula is C60H39N3O. The Kier molecular flexibility index (Phi) is 6.63. The highest BCUT2D eigenvalue weighted by atomic mass is 16.5. The maximum atomic E-state index is 7.29. The fraction of sp³-hybridized carbons (Fsp3) is 0.0667. The van der Waals surface area contributed by atoms with Crippen molar-refractivity contribution in [1.82, 2.24) is 9.13 Å². The van der Waals surface area contributed by atoms with Crippen LogP contribution in [0.25, 0.3) is 66.5 Å². The number of hydrogen-bond donors (Lipinski definition) is 0. The van der Waals surface area contributed by atoms with Crippen molar-refractivity contribution in [3.8, 4) is 45.3 Å². The minimum Gasteiger partial charge on any atom is -0.452 e. The second kappa shape index (κ2) is 12.3. The zero-order valence-corrected chi connectivity index (χ0v) is 35.1. The molecule has 15 rings (SSSR count). The smallest absolute Gasteiger partial charge is 0.159 e. The summed E-state index contributed by atoms with van der Waals surface area (Å²) in [6, 6.07) is 74.2. The molecule has 4 heteroatoms. The molecule has 0 bridgehead atoms. The first-order valence-corrected chi connectivity index (χ1v) is 22.5. The lowest BCUT2D eigenvalue weighted by atomic mass is 9.65. The molecule has 2 aliphatic carbocycles. The second-order valence-corrected chi connectivity index (χ2v) is 18.0. The molecule has 0 radical (unpaired) electrons. The molecular weight excluding hydrogens is 779 g/mol. The van der Waals surface area contributed by atoms with Gasteiger partial charge in [-0.15, -0.1) is 0 Å². The van der Waals surface area contributed by atoms with Crippen LogP contribution in [-0.4, -0.2) is 9.13 Å². The first-order valence-electron chi connectivity index (χ1n) is 22.5. The summed E-state index contributed by atoms with van der Waals surface area (Å²) in [6.45, 7) is 2.40. The SMILES string of the molecule is CC1Cc2ccccc2-c2c1c1cc(N3c4ccccc4Oc4c3ccc3c4-c4ccccc4C34c3ccccc3-n3c5ccccc5c5cccc4c53)ccc1n2-c1ccccc1. The Morgan fingerprint density at radius 3 is 2.09 bits per heavy atom. The van der Waals surface area contributed by atoms with Crippen LogP contribution in [0.5, 0.6) is 11.5 Å². The minimum absolute atomic E-state index is 0.342. The van der Waals surface area contributed by atoms with Crippen LogP contribution in [0.4, 0.5) is 17.1 Å². The Labute approximate surface area is 370 Å². The minimum atomic E-state index is -0.572. The highest BCUT2D eigenvalue weighted by molar-refractivity contribution is 6.13. The molecule has 2 aliphatic heterocycles. The van der Waals surface area contributed by atoms with E-state index in [0.717, 1.165) is 40.5 Å². The van der Waals surface area contributed by atoms with Gasteiger partial charge in [-0.2, -0.15) is 0 Å². The third-order valence-electron chi connectivity index (χ3n) is 14.9. The van der Waals surface area contributed by atoms with Crippen LogP contribution in [0.1, 0.15) is 46.2 Å². The topological polar surface area (TPSA) is 22.3 Å². The normalized spacial score (nSPS) is 17.1. The molecule has 9 aromatic carbocycles. The van der Waals surface area contributed by atoms with Crippen LogP contribution in [0, 0.1) is 0 Å². The van der Waals surface area contributed by atoms with Gasteiger partial charge in [0.05, 0.1) is 44.7 Å². The number of fused-ring (bicyclic) bond motifs is 20. The summed E-state index contributed by atoms with van der Waals surface area (Å²) in [7, 11) is 0. The number of ether oxygens (including phenoxy) is 1. The summed E-state index contributed by atoms with van der Waals surface area (Å²) in [6.07, 6.45) is 1.01. The van der Waals surface area contributed by atoms with Gasteiger partial charge in [0.25, 0.3) is 0 Å². The Hall–Kier alpha value is -8.08. The summed E-state index contributed by atoms with van der Waals surface area (Å²) in [5.74, 6) is 2.08. The fourth-order valence-electron chi connectivity index (χ4n) is 12.5. The molecule has 2 unspecified atom stereocenters. The molecule has 4 aliphatic rings. The molecule has 0 amide bonds. The standard InChI is InChI=1S/C60H39N3O/c1-36-34-37-16-5-6-19-40(37)58-55(36)44-35-39(30-32-50(44)62(58)38-17-3-2-4-18-38)61-52-28-13-14-29-54(52)64-59-53(61)33-31-47-56(59)43-21-7-9-23-45(43)60(47)46-24-10-12-27-51(46)63-49-26-11-8-20-41(49)42-22-15-25-48(60)57(42)63/h2-33,35-36H,34H2,1H3. The van der Waals surface area contributed by atoms with E-state index in [1.807, 2.05) is 0 Å². The quantitative estimate of drug-likeness (QED) is 0.173. The molecule has 0 saturated carbocycles. The molecule has 0 saturated heterocycles. The highest BCUT2D eigenvalue weighted by Crippen LogP contribution is 2.66. The lowest BCUT2D eigenvalue weighted by Crippen LogP contribution is -2.33. The van der Waals surface area contributed by atoms with E-state index in [0.29, 0.717) is 5.92 Å². The van der Waals surface area contributed by atoms with Gasteiger partial charge in [-0.1, -0.05) is 146 Å². The average molecular weight is 818 g/mol. The van der Waals surface area contributed by atoms with Gasteiger partial charge < -0.3 is 18.8 Å². The Bertz CT molecular complexity index is 3830. The number of benzene rings is 9. The van der Waals surface area contributed by atoms with E-state index in [2.05, 4.69) is 221 Å². The van der Waals surface area contributed by atoms with Gasteiger partial charge in [0, 0.05) is 38.7 Å². The van der Waals surface area contributed by atoms with Gasteiger partial charge in [-0.05, 0) is 112 Å². The van der Waals surface area contributed by atoms with Crippen molar-refractivity contribution in [2.45, 2.75) is 24.7 Å². The first kappa shape index (κ1) is 34.5. The van der Waals surface area contributed by atoms with Crippen LogP contribution in [-0.2, 0) is 11.8 Å². The number of rotatable bonds is 2. The maximum absolute atomic E-state index is 7.29. The average Bonchev–Trinajstić information content (AvgIpc) is 3.98. The van der Waals surface area contributed by atoms with E-state index in [4.69, 9.17) is 4.74 Å². The number of para-hydroxylation sites is 6. The van der Waals surface area contributed by atoms with Gasteiger partial charge in [0.15, 0.2) is 11.5 Å². The van der Waals surface area contributed by atoms with Crippen LogP contribution < -0.4 is 9.64 Å². The van der Waals surface area contributed by atoms with Gasteiger partial charge in [0.1, 0.15) is 0 Å². The van der Waals surface area contributed by atoms with E-state index in [1.54, 1.807) is 0 Å². The van der Waals surface area contributed by atoms with Gasteiger partial charge >= 0.3 is 0 Å². The lowest BCUT2D eigenvalue weighted by molar-refractivity contribution is 0.478. The molecule has 2 aromatic heterocycles. The Balaban J connectivity index is 1.01. The largest absolute Gasteiger partial charge is 0.452 e. The van der Waals surface area contributed by atoms with Gasteiger partial charge in [-0.25, -0.2) is 0 Å². The summed E-state index contributed by atoms with van der Waals surface area (Å²) in [4.78, 5) is 2.45. The number of aromatic nitrogens is 2. The summed E-state index contributed by atoms with van der Waals surface area (Å²) < 4.78 is 12.3. The summed E-state index contributed by atoms with van der Waals surface area (Å²) >= 11 is 0. The monoisotopic (exact) mass is 817 g/mol. The van der Waals surface area contributed by atoms with Crippen molar-refractivity contribution in [3.63, 3.8) is 0 Å². The molecule has 300 valence electrons. The third-order valence-corrected chi connectivity index (χ3v) is 14.9. The van der Waals surface area contributed by atoms with Crippen molar-refractivity contribution in [2.24, 2.45) is 0 Å². The predicted molar refractivity (Wildman–Crippen MR) is 261 cm³/mol. The molecule has 64 heavy (non-hydrogen) atoms. The number of nitrogens with zero attached hydrogens (tertiary/aromatic N) is 3. The third kappa shape index (κ3) is 4.14. The van der Waals surface area contributed by atoms with Crippen molar-refractivity contribution < 1.29 is 4.74 Å². The Morgan fingerprint density at radius 2 is 1.19 bits per heavy atom. The molecule has 0 N–H and O–H groups in total. The fourth-order valence-corrected chi connectivity index (χ4v) is 12.5. The van der Waals surface area contributed by atoms with Gasteiger partial charge in [-0.3, -0.25) is 0 Å². The van der Waals surface area contributed by atoms with E-state index in [1.165, 1.54) is 94.3 Å². The van der Waals surface area contributed by atoms with Crippen LogP contribution in [0.2, 0.25) is 0 Å². The summed E-state index contributed by atoms with van der Waals surface area (Å²) in [5.41, 5.74) is 21.6. The number of hydrogen-bond acceptors (Lipinski definition) is 2. The molecule has 4 heterocycles. The molecule has 2 atom stereocenters. The molecule has 0 fully saturated rings. The van der Waals surface area contributed by atoms with Crippen LogP contribution in [0.15, 0.2) is 200 Å². The van der Waals surface area contributed by atoms with Crippen LogP contribution in [0.3, 0.4) is 0 Å². The second-order valence-electron chi connectivity index (χ2n) is 18.0. The number of anilines is 3. The zero-order chi connectivity index (χ0) is 41.8. The van der Waals surface area contributed by atoms with E-state index >= 15 is 0 Å². The van der Waals surface area contributed by atoms with E-state index in [9.17, 15) is 0 Å². The lowest BCUT2D eigenvalue weighted by Gasteiger charge is -2.40. The highest BCUT2D eigenvalue weighted by Gasteiger charge is 2.52. The predicted octanol–water partition coefficient (Wildman–Crippen LogP) is 15.3. The van der Waals surface area contributed by atoms with Crippen molar-refractivity contribution >= 4 is 49.8 Å². The van der Waals surface area contributed by atoms with Crippen molar-refractivity contribution in [3.05, 3.63) is 234 Å². The summed E-state index contributed by atoms with van der Waals surface area (Å²) in [5, 5.41) is 3.84. The molecule has 11 aromatic rings. The molecule has 1 spiro atoms. The van der Waals surface area contributed by atoms with Crippen molar-refractivity contribution in [2.75, 3.05) is 4.90 Å². The van der Waals surface area contributed by atoms with Crippen molar-refractivity contribution in [1.29, 1.82) is 0 Å².